The standard InChI is InChI=1S/C26H38N4O/c1-17-7-6-8-20-25(17,4)12-9-18(2)26(20,5)14-13-24(3)11-10-19-15-27-22-21(19)23(30(24)31)29-16-28-22/h15-16,18-20,31H,1,6-14H2,2-5H3/t18-,19?,20+,24-,25+,26+/m1/s1. The van der Waals surface area contributed by atoms with E-state index in [1.54, 1.807) is 0 Å². The normalized spacial score (nSPS) is 41.6. The molecule has 2 saturated carbocycles. The quantitative estimate of drug-likeness (QED) is 0.557. The number of nitrogens with zero attached hydrogens (tertiary/aromatic N) is 4. The second kappa shape index (κ2) is 7.13. The minimum absolute atomic E-state index is 0.219. The van der Waals surface area contributed by atoms with Crippen LogP contribution in [0.5, 0.6) is 0 Å². The van der Waals surface area contributed by atoms with Gasteiger partial charge in [-0.15, -0.1) is 0 Å². The number of allylic oxidation sites excluding steroid dienone is 1. The molecular formula is C26H38N4O. The molecule has 6 atom stereocenters. The summed E-state index contributed by atoms with van der Waals surface area (Å²) in [5, 5.41) is 12.9. The van der Waals surface area contributed by atoms with Gasteiger partial charge in [-0.1, -0.05) is 32.9 Å². The van der Waals surface area contributed by atoms with Gasteiger partial charge >= 0.3 is 0 Å². The number of rotatable bonds is 3. The Kier molecular flexibility index (Phi) is 4.85. The van der Waals surface area contributed by atoms with Crippen molar-refractivity contribution in [2.24, 2.45) is 27.7 Å². The molecule has 1 unspecified atom stereocenters. The summed E-state index contributed by atoms with van der Waals surface area (Å²) < 4.78 is 0. The lowest BCUT2D eigenvalue weighted by molar-refractivity contribution is -0.0604. The van der Waals surface area contributed by atoms with Crippen molar-refractivity contribution in [1.82, 2.24) is 9.97 Å². The Labute approximate surface area is 187 Å². The van der Waals surface area contributed by atoms with Gasteiger partial charge in [0.15, 0.2) is 11.6 Å². The van der Waals surface area contributed by atoms with Gasteiger partial charge in [-0.25, -0.2) is 20.0 Å². The first-order valence-electron chi connectivity index (χ1n) is 12.3. The van der Waals surface area contributed by atoms with Crippen LogP contribution in [0.2, 0.25) is 0 Å². The highest BCUT2D eigenvalue weighted by molar-refractivity contribution is 5.83. The van der Waals surface area contributed by atoms with Crippen LogP contribution in [0, 0.1) is 22.7 Å². The number of fused-ring (bicyclic) bond motifs is 1. The predicted octanol–water partition coefficient (Wildman–Crippen LogP) is 6.60. The molecule has 0 spiro atoms. The van der Waals surface area contributed by atoms with E-state index >= 15 is 0 Å². The topological polar surface area (TPSA) is 61.6 Å². The molecule has 0 amide bonds. The molecule has 2 aliphatic heterocycles. The Morgan fingerprint density at radius 2 is 1.94 bits per heavy atom. The van der Waals surface area contributed by atoms with Crippen LogP contribution in [0.1, 0.15) is 97.0 Å². The van der Waals surface area contributed by atoms with Gasteiger partial charge in [-0.2, -0.15) is 0 Å². The fraction of sp³-hybridized carbons (Fsp3) is 0.731. The Balaban J connectivity index is 1.42. The molecule has 168 valence electrons. The van der Waals surface area contributed by atoms with Gasteiger partial charge in [0.05, 0.1) is 5.54 Å². The summed E-state index contributed by atoms with van der Waals surface area (Å²) in [6, 6.07) is 0. The lowest BCUT2D eigenvalue weighted by Crippen LogP contribution is -2.52. The third-order valence-electron chi connectivity index (χ3n) is 10.1. The Morgan fingerprint density at radius 1 is 1.13 bits per heavy atom. The summed E-state index contributed by atoms with van der Waals surface area (Å²) in [7, 11) is 0. The molecule has 2 aliphatic carbocycles. The summed E-state index contributed by atoms with van der Waals surface area (Å²) >= 11 is 0. The molecule has 3 heterocycles. The Morgan fingerprint density at radius 3 is 2.74 bits per heavy atom. The fourth-order valence-electron chi connectivity index (χ4n) is 7.42. The van der Waals surface area contributed by atoms with Crippen LogP contribution in [0.4, 0.5) is 11.6 Å². The molecule has 1 aromatic heterocycles. The SMILES string of the molecule is C=C1CCC[C@@H]2[C@@](C)(CC[C@@]3(C)CCC4C=Nc5ncnc(c54)N3O)[C@H](C)CC[C@@]12C. The Hall–Kier alpha value is -1.75. The molecule has 5 heteroatoms. The lowest BCUT2D eigenvalue weighted by Gasteiger charge is -2.59. The lowest BCUT2D eigenvalue weighted by atomic mass is 9.46. The first-order valence-corrected chi connectivity index (χ1v) is 12.3. The van der Waals surface area contributed by atoms with Gasteiger partial charge < -0.3 is 0 Å². The van der Waals surface area contributed by atoms with E-state index in [-0.39, 0.29) is 22.3 Å². The number of hydroxylamine groups is 1. The smallest absolute Gasteiger partial charge is 0.162 e. The monoisotopic (exact) mass is 422 g/mol. The van der Waals surface area contributed by atoms with Crippen molar-refractivity contribution in [3.8, 4) is 0 Å². The average molecular weight is 423 g/mol. The maximum Gasteiger partial charge on any atom is 0.162 e. The zero-order chi connectivity index (χ0) is 22.0. The van der Waals surface area contributed by atoms with Crippen molar-refractivity contribution in [3.63, 3.8) is 0 Å². The zero-order valence-electron chi connectivity index (χ0n) is 19.7. The predicted molar refractivity (Wildman–Crippen MR) is 125 cm³/mol. The van der Waals surface area contributed by atoms with Crippen molar-refractivity contribution in [1.29, 1.82) is 0 Å². The van der Waals surface area contributed by atoms with Gasteiger partial charge in [0.1, 0.15) is 6.33 Å². The number of anilines is 1. The minimum Gasteiger partial charge on any atom is -0.286 e. The van der Waals surface area contributed by atoms with Crippen LogP contribution in [0.3, 0.4) is 0 Å². The summed E-state index contributed by atoms with van der Waals surface area (Å²) in [4.78, 5) is 13.3. The molecule has 0 aromatic carbocycles. The van der Waals surface area contributed by atoms with E-state index in [1.807, 2.05) is 6.21 Å². The third-order valence-corrected chi connectivity index (χ3v) is 10.1. The van der Waals surface area contributed by atoms with E-state index in [4.69, 9.17) is 0 Å². The maximum atomic E-state index is 11.4. The third kappa shape index (κ3) is 3.02. The van der Waals surface area contributed by atoms with E-state index in [0.717, 1.165) is 37.1 Å². The number of hydrogen-bond donors (Lipinski definition) is 1. The molecule has 1 N–H and O–H groups in total. The number of hydrogen-bond acceptors (Lipinski definition) is 5. The fourth-order valence-corrected chi connectivity index (χ4v) is 7.42. The highest BCUT2D eigenvalue weighted by Gasteiger charge is 2.54. The Bertz CT molecular complexity index is 928. The van der Waals surface area contributed by atoms with Crippen LogP contribution < -0.4 is 5.06 Å². The van der Waals surface area contributed by atoms with Crippen LogP contribution in [0.25, 0.3) is 0 Å². The van der Waals surface area contributed by atoms with Gasteiger partial charge in [0, 0.05) is 17.7 Å². The summed E-state index contributed by atoms with van der Waals surface area (Å²) in [6.45, 7) is 14.2. The van der Waals surface area contributed by atoms with E-state index < -0.39 is 0 Å². The highest BCUT2D eigenvalue weighted by atomic mass is 16.5. The molecule has 2 fully saturated rings. The molecule has 5 nitrogen and oxygen atoms in total. The molecule has 1 aromatic rings. The van der Waals surface area contributed by atoms with Gasteiger partial charge in [-0.05, 0) is 87.4 Å². The van der Waals surface area contributed by atoms with E-state index in [1.165, 1.54) is 49.1 Å². The van der Waals surface area contributed by atoms with Crippen LogP contribution in [0.15, 0.2) is 23.5 Å². The zero-order valence-corrected chi connectivity index (χ0v) is 19.7. The van der Waals surface area contributed by atoms with Crippen LogP contribution in [-0.2, 0) is 0 Å². The average Bonchev–Trinajstić information content (AvgIpc) is 3.14. The highest BCUT2D eigenvalue weighted by Crippen LogP contribution is 2.63. The van der Waals surface area contributed by atoms with Crippen molar-refractivity contribution in [3.05, 3.63) is 24.0 Å². The summed E-state index contributed by atoms with van der Waals surface area (Å²) in [6.07, 6.45) is 13.9. The van der Waals surface area contributed by atoms with E-state index in [2.05, 4.69) is 49.2 Å². The maximum absolute atomic E-state index is 11.4. The largest absolute Gasteiger partial charge is 0.286 e. The molecular weight excluding hydrogens is 384 g/mol. The molecule has 4 aliphatic rings. The van der Waals surface area contributed by atoms with Crippen LogP contribution in [-0.4, -0.2) is 26.9 Å². The molecule has 31 heavy (non-hydrogen) atoms. The van der Waals surface area contributed by atoms with Crippen molar-refractivity contribution in [2.75, 3.05) is 5.06 Å². The summed E-state index contributed by atoms with van der Waals surface area (Å²) in [5.41, 5.74) is 2.70. The van der Waals surface area contributed by atoms with Gasteiger partial charge in [-0.3, -0.25) is 5.21 Å². The molecule has 5 rings (SSSR count). The van der Waals surface area contributed by atoms with E-state index in [0.29, 0.717) is 17.7 Å². The summed E-state index contributed by atoms with van der Waals surface area (Å²) in [5.74, 6) is 2.98. The second-order valence-corrected chi connectivity index (χ2v) is 11.6. The minimum atomic E-state index is -0.331. The van der Waals surface area contributed by atoms with E-state index in [9.17, 15) is 5.21 Å². The molecule has 0 bridgehead atoms. The number of aromatic nitrogens is 2. The van der Waals surface area contributed by atoms with Gasteiger partial charge in [0.2, 0.25) is 0 Å². The van der Waals surface area contributed by atoms with Crippen molar-refractivity contribution >= 4 is 17.9 Å². The van der Waals surface area contributed by atoms with Gasteiger partial charge in [0.25, 0.3) is 0 Å². The first kappa shape index (κ1) is 21.1. The first-order chi connectivity index (χ1) is 14.7. The van der Waals surface area contributed by atoms with Crippen LogP contribution >= 0.6 is 0 Å². The number of aliphatic imine (C=N–C) groups is 1. The van der Waals surface area contributed by atoms with Crippen molar-refractivity contribution in [2.45, 2.75) is 96.9 Å². The molecule has 0 radical (unpaired) electrons. The molecule has 0 saturated heterocycles. The van der Waals surface area contributed by atoms with Crippen molar-refractivity contribution < 1.29 is 5.21 Å². The second-order valence-electron chi connectivity index (χ2n) is 11.6.